The van der Waals surface area contributed by atoms with Gasteiger partial charge in [0.1, 0.15) is 11.9 Å². The van der Waals surface area contributed by atoms with Crippen LogP contribution >= 0.6 is 0 Å². The van der Waals surface area contributed by atoms with Gasteiger partial charge in [-0.25, -0.2) is 0 Å². The number of nitrogens with one attached hydrogen (secondary N) is 1. The van der Waals surface area contributed by atoms with Crippen molar-refractivity contribution >= 4 is 0 Å². The monoisotopic (exact) mass is 302 g/mol. The lowest BCUT2D eigenvalue weighted by Crippen LogP contribution is -2.39. The molecule has 0 saturated carbocycles. The van der Waals surface area contributed by atoms with Crippen molar-refractivity contribution in [1.29, 1.82) is 0 Å². The quantitative estimate of drug-likeness (QED) is 0.901. The fraction of sp³-hybridized carbons (Fsp3) is 0.500. The molecule has 6 heteroatoms. The molecule has 0 spiro atoms. The summed E-state index contributed by atoms with van der Waals surface area (Å²) >= 11 is 0. The summed E-state index contributed by atoms with van der Waals surface area (Å²) in [7, 11) is 1.91. The predicted molar refractivity (Wildman–Crippen MR) is 82.4 cm³/mol. The Labute approximate surface area is 130 Å². The topological polar surface area (TPSA) is 72.2 Å². The van der Waals surface area contributed by atoms with E-state index in [-0.39, 0.29) is 17.9 Å². The van der Waals surface area contributed by atoms with Gasteiger partial charge in [0.05, 0.1) is 11.9 Å². The summed E-state index contributed by atoms with van der Waals surface area (Å²) in [5.74, 6) is 0.229. The molecule has 118 valence electrons. The van der Waals surface area contributed by atoms with Crippen LogP contribution in [0.1, 0.15) is 35.9 Å². The molecule has 2 aromatic heterocycles. The molecule has 1 aliphatic rings. The van der Waals surface area contributed by atoms with Gasteiger partial charge in [-0.15, -0.1) is 0 Å². The standard InChI is InChI=1S/C16H22N4O2/c1-11-5-6-15(21)14(19-11)9-17-13-4-3-7-22-16(13)12-8-18-20(2)10-12/h5-6,8,10,13,16-17,21H,3-4,7,9H2,1-2H3/t13-,16+/m0/s1. The first-order chi connectivity index (χ1) is 10.6. The lowest BCUT2D eigenvalue weighted by Gasteiger charge is -2.32. The number of rotatable bonds is 4. The Balaban J connectivity index is 1.70. The van der Waals surface area contributed by atoms with Crippen molar-refractivity contribution in [2.75, 3.05) is 6.61 Å². The van der Waals surface area contributed by atoms with E-state index in [0.717, 1.165) is 30.7 Å². The smallest absolute Gasteiger partial charge is 0.138 e. The molecule has 1 fully saturated rings. The van der Waals surface area contributed by atoms with E-state index in [9.17, 15) is 5.11 Å². The summed E-state index contributed by atoms with van der Waals surface area (Å²) in [4.78, 5) is 4.39. The summed E-state index contributed by atoms with van der Waals surface area (Å²) in [6, 6.07) is 3.69. The number of ether oxygens (including phenoxy) is 1. The Morgan fingerprint density at radius 2 is 2.32 bits per heavy atom. The Hall–Kier alpha value is -1.92. The van der Waals surface area contributed by atoms with Crippen LogP contribution in [0.2, 0.25) is 0 Å². The van der Waals surface area contributed by atoms with Gasteiger partial charge in [0.25, 0.3) is 0 Å². The molecule has 22 heavy (non-hydrogen) atoms. The van der Waals surface area contributed by atoms with Crippen molar-refractivity contribution in [2.24, 2.45) is 7.05 Å². The maximum atomic E-state index is 9.90. The second-order valence-corrected chi connectivity index (χ2v) is 5.79. The highest BCUT2D eigenvalue weighted by molar-refractivity contribution is 5.27. The molecule has 6 nitrogen and oxygen atoms in total. The normalized spacial score (nSPS) is 21.9. The molecule has 2 atom stereocenters. The van der Waals surface area contributed by atoms with Gasteiger partial charge in [-0.1, -0.05) is 0 Å². The van der Waals surface area contributed by atoms with E-state index < -0.39 is 0 Å². The Bertz CT molecular complexity index is 641. The molecular weight excluding hydrogens is 280 g/mol. The van der Waals surface area contributed by atoms with Crippen molar-refractivity contribution in [3.63, 3.8) is 0 Å². The third-order valence-corrected chi connectivity index (χ3v) is 4.00. The zero-order chi connectivity index (χ0) is 15.5. The van der Waals surface area contributed by atoms with Crippen molar-refractivity contribution in [2.45, 2.75) is 38.5 Å². The molecular formula is C16H22N4O2. The van der Waals surface area contributed by atoms with Crippen LogP contribution in [-0.2, 0) is 18.3 Å². The summed E-state index contributed by atoms with van der Waals surface area (Å²) in [6.45, 7) is 3.22. The largest absolute Gasteiger partial charge is 0.506 e. The Kier molecular flexibility index (Phi) is 4.40. The van der Waals surface area contributed by atoms with Crippen LogP contribution in [0.25, 0.3) is 0 Å². The van der Waals surface area contributed by atoms with Gasteiger partial charge in [0.15, 0.2) is 0 Å². The molecule has 0 radical (unpaired) electrons. The van der Waals surface area contributed by atoms with Crippen LogP contribution in [0.4, 0.5) is 0 Å². The molecule has 3 rings (SSSR count). The van der Waals surface area contributed by atoms with Crippen LogP contribution in [0.5, 0.6) is 5.75 Å². The van der Waals surface area contributed by atoms with Crippen LogP contribution in [0, 0.1) is 6.92 Å². The van der Waals surface area contributed by atoms with Gasteiger partial charge < -0.3 is 15.2 Å². The second kappa shape index (κ2) is 6.46. The second-order valence-electron chi connectivity index (χ2n) is 5.79. The van der Waals surface area contributed by atoms with E-state index in [2.05, 4.69) is 15.4 Å². The molecule has 0 bridgehead atoms. The van der Waals surface area contributed by atoms with Gasteiger partial charge in [0, 0.05) is 43.7 Å². The molecule has 0 aromatic carbocycles. The van der Waals surface area contributed by atoms with Crippen LogP contribution in [0.15, 0.2) is 24.5 Å². The number of hydrogen-bond acceptors (Lipinski definition) is 5. The zero-order valence-electron chi connectivity index (χ0n) is 13.0. The molecule has 2 N–H and O–H groups in total. The number of aromatic hydroxyl groups is 1. The lowest BCUT2D eigenvalue weighted by molar-refractivity contribution is -0.0113. The maximum Gasteiger partial charge on any atom is 0.138 e. The third kappa shape index (κ3) is 3.28. The average molecular weight is 302 g/mol. The molecule has 1 saturated heterocycles. The van der Waals surface area contributed by atoms with Gasteiger partial charge in [-0.05, 0) is 31.9 Å². The minimum Gasteiger partial charge on any atom is -0.506 e. The summed E-state index contributed by atoms with van der Waals surface area (Å²) in [6.07, 6.45) is 5.91. The van der Waals surface area contributed by atoms with Gasteiger partial charge in [0.2, 0.25) is 0 Å². The first-order valence-corrected chi connectivity index (χ1v) is 7.62. The van der Waals surface area contributed by atoms with E-state index in [0.29, 0.717) is 12.2 Å². The number of aromatic nitrogens is 3. The number of hydrogen-bond donors (Lipinski definition) is 2. The average Bonchev–Trinajstić information content (AvgIpc) is 2.95. The zero-order valence-corrected chi connectivity index (χ0v) is 13.0. The van der Waals surface area contributed by atoms with Crippen LogP contribution < -0.4 is 5.32 Å². The van der Waals surface area contributed by atoms with E-state index in [1.807, 2.05) is 26.4 Å². The van der Waals surface area contributed by atoms with Crippen molar-refractivity contribution in [3.8, 4) is 5.75 Å². The highest BCUT2D eigenvalue weighted by Gasteiger charge is 2.28. The summed E-state index contributed by atoms with van der Waals surface area (Å²) in [5.41, 5.74) is 2.66. The van der Waals surface area contributed by atoms with E-state index in [4.69, 9.17) is 4.74 Å². The number of pyridine rings is 1. The van der Waals surface area contributed by atoms with E-state index in [1.165, 1.54) is 0 Å². The van der Waals surface area contributed by atoms with Gasteiger partial charge in [-0.2, -0.15) is 5.10 Å². The highest BCUT2D eigenvalue weighted by Crippen LogP contribution is 2.28. The maximum absolute atomic E-state index is 9.90. The third-order valence-electron chi connectivity index (χ3n) is 4.00. The number of aryl methyl sites for hydroxylation is 2. The first-order valence-electron chi connectivity index (χ1n) is 7.62. The molecule has 0 amide bonds. The number of nitrogens with zero attached hydrogens (tertiary/aromatic N) is 3. The SMILES string of the molecule is Cc1ccc(O)c(CN[C@H]2CCCO[C@@H]2c2cnn(C)c2)n1. The lowest BCUT2D eigenvalue weighted by atomic mass is 9.98. The van der Waals surface area contributed by atoms with Crippen molar-refractivity contribution in [3.05, 3.63) is 41.5 Å². The molecule has 1 aliphatic heterocycles. The predicted octanol–water partition coefficient (Wildman–Crippen LogP) is 1.84. The fourth-order valence-electron chi connectivity index (χ4n) is 2.87. The minimum atomic E-state index is -0.00518. The Morgan fingerprint density at radius 3 is 3.09 bits per heavy atom. The van der Waals surface area contributed by atoms with Crippen molar-refractivity contribution < 1.29 is 9.84 Å². The first kappa shape index (κ1) is 15.0. The summed E-state index contributed by atoms with van der Waals surface area (Å²) in [5, 5.41) is 17.6. The van der Waals surface area contributed by atoms with Crippen molar-refractivity contribution in [1.82, 2.24) is 20.1 Å². The summed E-state index contributed by atoms with van der Waals surface area (Å²) < 4.78 is 7.72. The molecule has 0 unspecified atom stereocenters. The molecule has 3 heterocycles. The van der Waals surface area contributed by atoms with Crippen LogP contribution in [0.3, 0.4) is 0 Å². The Morgan fingerprint density at radius 1 is 1.45 bits per heavy atom. The van der Waals surface area contributed by atoms with Gasteiger partial charge >= 0.3 is 0 Å². The molecule has 2 aromatic rings. The van der Waals surface area contributed by atoms with E-state index >= 15 is 0 Å². The highest BCUT2D eigenvalue weighted by atomic mass is 16.5. The van der Waals surface area contributed by atoms with Gasteiger partial charge in [-0.3, -0.25) is 9.67 Å². The fourth-order valence-corrected chi connectivity index (χ4v) is 2.87. The van der Waals surface area contributed by atoms with Crippen LogP contribution in [-0.4, -0.2) is 32.5 Å². The molecule has 0 aliphatic carbocycles. The van der Waals surface area contributed by atoms with E-state index in [1.54, 1.807) is 16.8 Å². The minimum absolute atomic E-state index is 0.00518.